The quantitative estimate of drug-likeness (QED) is 0.331. The first-order valence-electron chi connectivity index (χ1n) is 9.01. The van der Waals surface area contributed by atoms with Crippen molar-refractivity contribution in [1.82, 2.24) is 5.32 Å². The van der Waals surface area contributed by atoms with E-state index in [1.54, 1.807) is 48.5 Å². The number of ketones is 1. The number of rotatable bonds is 10. The first-order valence-corrected chi connectivity index (χ1v) is 9.81. The fraction of sp³-hybridized carbons (Fsp3) is 0.286. The highest BCUT2D eigenvalue weighted by Gasteiger charge is 2.17. The summed E-state index contributed by atoms with van der Waals surface area (Å²) in [6.07, 6.45) is 1.77. The zero-order valence-electron chi connectivity index (χ0n) is 15.4. The smallest absolute Gasteiger partial charge is 0.323 e. The van der Waals surface area contributed by atoms with E-state index in [9.17, 15) is 14.4 Å². The zero-order valence-corrected chi connectivity index (χ0v) is 17.0. The van der Waals surface area contributed by atoms with Gasteiger partial charge in [0.25, 0.3) is 5.91 Å². The molecule has 0 aromatic heterocycles. The molecule has 7 heteroatoms. The monoisotopic (exact) mass is 446 g/mol. The maximum absolute atomic E-state index is 12.0. The highest BCUT2D eigenvalue weighted by molar-refractivity contribution is 9.10. The van der Waals surface area contributed by atoms with Crippen LogP contribution in [-0.2, 0) is 9.53 Å². The number of hydrogen-bond acceptors (Lipinski definition) is 5. The Hall–Kier alpha value is -2.51. The lowest BCUT2D eigenvalue weighted by atomic mass is 10.1. The number of carbonyl (C=O) groups is 3. The second-order valence-corrected chi connectivity index (χ2v) is 7.18. The molecule has 0 radical (unpaired) electrons. The van der Waals surface area contributed by atoms with Gasteiger partial charge < -0.3 is 15.8 Å². The molecule has 0 saturated carbocycles. The van der Waals surface area contributed by atoms with Crippen LogP contribution in [0.25, 0.3) is 0 Å². The largest absolute Gasteiger partial charge is 0.456 e. The summed E-state index contributed by atoms with van der Waals surface area (Å²) in [6, 6.07) is 15.0. The van der Waals surface area contributed by atoms with Crippen LogP contribution in [0.4, 0.5) is 0 Å². The normalized spacial score (nSPS) is 11.5. The van der Waals surface area contributed by atoms with Crippen molar-refractivity contribution in [2.45, 2.75) is 25.3 Å². The van der Waals surface area contributed by atoms with Crippen molar-refractivity contribution in [1.29, 1.82) is 0 Å². The minimum absolute atomic E-state index is 0.129. The maximum atomic E-state index is 12.0. The van der Waals surface area contributed by atoms with Crippen LogP contribution in [0.5, 0.6) is 0 Å². The third-order valence-electron chi connectivity index (χ3n) is 4.08. The van der Waals surface area contributed by atoms with E-state index >= 15 is 0 Å². The van der Waals surface area contributed by atoms with Crippen LogP contribution in [0, 0.1) is 0 Å². The van der Waals surface area contributed by atoms with E-state index in [2.05, 4.69) is 21.2 Å². The molecule has 0 fully saturated rings. The maximum Gasteiger partial charge on any atom is 0.323 e. The van der Waals surface area contributed by atoms with E-state index in [1.807, 2.05) is 6.07 Å². The van der Waals surface area contributed by atoms with Gasteiger partial charge in [-0.15, -0.1) is 0 Å². The Morgan fingerprint density at radius 2 is 1.64 bits per heavy atom. The average Bonchev–Trinajstić information content (AvgIpc) is 2.72. The number of nitrogens with two attached hydrogens (primary N) is 1. The van der Waals surface area contributed by atoms with E-state index in [4.69, 9.17) is 10.5 Å². The van der Waals surface area contributed by atoms with Crippen molar-refractivity contribution in [3.05, 3.63) is 70.2 Å². The summed E-state index contributed by atoms with van der Waals surface area (Å²) in [6.45, 7) is 0.166. The van der Waals surface area contributed by atoms with Gasteiger partial charge in [0.15, 0.2) is 12.4 Å². The molecule has 0 aliphatic rings. The van der Waals surface area contributed by atoms with Gasteiger partial charge in [0.1, 0.15) is 6.04 Å². The minimum Gasteiger partial charge on any atom is -0.456 e. The van der Waals surface area contributed by atoms with Gasteiger partial charge in [-0.25, -0.2) is 0 Å². The van der Waals surface area contributed by atoms with Crippen molar-refractivity contribution < 1.29 is 19.1 Å². The van der Waals surface area contributed by atoms with E-state index in [0.29, 0.717) is 36.9 Å². The number of ether oxygens (including phenoxy) is 1. The lowest BCUT2D eigenvalue weighted by Crippen LogP contribution is -2.33. The van der Waals surface area contributed by atoms with Crippen LogP contribution in [0.1, 0.15) is 40.0 Å². The lowest BCUT2D eigenvalue weighted by molar-refractivity contribution is -0.144. The molecule has 2 aromatic carbocycles. The predicted octanol–water partition coefficient (Wildman–Crippen LogP) is 3.10. The molecule has 28 heavy (non-hydrogen) atoms. The van der Waals surface area contributed by atoms with Gasteiger partial charge >= 0.3 is 5.97 Å². The van der Waals surface area contributed by atoms with E-state index in [0.717, 1.165) is 4.47 Å². The molecule has 2 rings (SSSR count). The highest BCUT2D eigenvalue weighted by atomic mass is 79.9. The average molecular weight is 447 g/mol. The second kappa shape index (κ2) is 11.4. The Morgan fingerprint density at radius 1 is 0.964 bits per heavy atom. The summed E-state index contributed by atoms with van der Waals surface area (Å²) in [7, 11) is 0. The summed E-state index contributed by atoms with van der Waals surface area (Å²) in [5.41, 5.74) is 6.90. The second-order valence-electron chi connectivity index (χ2n) is 6.26. The van der Waals surface area contributed by atoms with Crippen LogP contribution in [0.3, 0.4) is 0 Å². The van der Waals surface area contributed by atoms with Gasteiger partial charge in [0.2, 0.25) is 0 Å². The number of nitrogens with one attached hydrogen (secondary N) is 1. The molecule has 1 unspecified atom stereocenters. The highest BCUT2D eigenvalue weighted by Crippen LogP contribution is 2.11. The third-order valence-corrected chi connectivity index (χ3v) is 4.61. The molecule has 0 saturated heterocycles. The number of halogens is 1. The number of hydrogen-bond donors (Lipinski definition) is 2. The van der Waals surface area contributed by atoms with Crippen LogP contribution < -0.4 is 11.1 Å². The minimum atomic E-state index is -0.789. The topological polar surface area (TPSA) is 98.5 Å². The molecular weight excluding hydrogens is 424 g/mol. The third kappa shape index (κ3) is 7.25. The van der Waals surface area contributed by atoms with Gasteiger partial charge in [-0.1, -0.05) is 46.3 Å². The Kier molecular flexibility index (Phi) is 8.84. The molecule has 0 aliphatic carbocycles. The molecule has 0 aliphatic heterocycles. The molecule has 0 spiro atoms. The summed E-state index contributed by atoms with van der Waals surface area (Å²) >= 11 is 3.29. The first kappa shape index (κ1) is 21.8. The van der Waals surface area contributed by atoms with Crippen LogP contribution in [-0.4, -0.2) is 36.9 Å². The number of benzene rings is 2. The van der Waals surface area contributed by atoms with Crippen LogP contribution in [0.15, 0.2) is 59.1 Å². The van der Waals surface area contributed by atoms with Gasteiger partial charge in [-0.3, -0.25) is 14.4 Å². The summed E-state index contributed by atoms with van der Waals surface area (Å²) in [4.78, 5) is 35.8. The molecule has 0 heterocycles. The van der Waals surface area contributed by atoms with E-state index in [-0.39, 0.29) is 18.3 Å². The summed E-state index contributed by atoms with van der Waals surface area (Å²) in [5.74, 6) is -1.01. The zero-order chi connectivity index (χ0) is 20.4. The Balaban J connectivity index is 1.61. The Morgan fingerprint density at radius 3 is 2.32 bits per heavy atom. The number of amides is 1. The predicted molar refractivity (Wildman–Crippen MR) is 110 cm³/mol. The SMILES string of the molecule is NC(CCCCNC(=O)c1ccccc1)C(=O)OCC(=O)c1ccc(Br)cc1. The molecule has 3 N–H and O–H groups in total. The van der Waals surface area contributed by atoms with Crippen molar-refractivity contribution in [3.8, 4) is 0 Å². The van der Waals surface area contributed by atoms with Crippen LogP contribution in [0.2, 0.25) is 0 Å². The number of Topliss-reactive ketones (excluding diaryl/α,β-unsaturated/α-hetero) is 1. The van der Waals surface area contributed by atoms with E-state index < -0.39 is 12.0 Å². The number of esters is 1. The number of unbranched alkanes of at least 4 members (excludes halogenated alkanes) is 1. The Bertz CT molecular complexity index is 794. The first-order chi connectivity index (χ1) is 13.5. The molecule has 0 bridgehead atoms. The Labute approximate surface area is 172 Å². The van der Waals surface area contributed by atoms with Crippen molar-refractivity contribution in [2.24, 2.45) is 5.73 Å². The molecule has 2 aromatic rings. The summed E-state index contributed by atoms with van der Waals surface area (Å²) in [5, 5.41) is 2.82. The fourth-order valence-corrected chi connectivity index (χ4v) is 2.73. The fourth-order valence-electron chi connectivity index (χ4n) is 2.46. The van der Waals surface area contributed by atoms with E-state index in [1.165, 1.54) is 0 Å². The van der Waals surface area contributed by atoms with Crippen molar-refractivity contribution in [3.63, 3.8) is 0 Å². The van der Waals surface area contributed by atoms with Crippen molar-refractivity contribution in [2.75, 3.05) is 13.2 Å². The van der Waals surface area contributed by atoms with Gasteiger partial charge in [0.05, 0.1) is 0 Å². The van der Waals surface area contributed by atoms with Gasteiger partial charge in [0, 0.05) is 22.1 Å². The molecule has 148 valence electrons. The lowest BCUT2D eigenvalue weighted by Gasteiger charge is -2.11. The van der Waals surface area contributed by atoms with Gasteiger partial charge in [-0.05, 0) is 43.5 Å². The van der Waals surface area contributed by atoms with Crippen LogP contribution >= 0.6 is 15.9 Å². The number of carbonyl (C=O) groups excluding carboxylic acids is 3. The van der Waals surface area contributed by atoms with Crippen molar-refractivity contribution >= 4 is 33.6 Å². The molecule has 1 amide bonds. The summed E-state index contributed by atoms with van der Waals surface area (Å²) < 4.78 is 5.87. The molecular formula is C21H23BrN2O4. The van der Waals surface area contributed by atoms with Gasteiger partial charge in [-0.2, -0.15) is 0 Å². The molecule has 1 atom stereocenters. The molecule has 6 nitrogen and oxygen atoms in total. The standard InChI is InChI=1S/C21H23BrN2O4/c22-17-11-9-15(10-12-17)19(25)14-28-21(27)18(23)8-4-5-13-24-20(26)16-6-2-1-3-7-16/h1-3,6-7,9-12,18H,4-5,8,13-14,23H2,(H,24,26).